The third-order valence-corrected chi connectivity index (χ3v) is 6.56. The lowest BCUT2D eigenvalue weighted by Crippen LogP contribution is -2.42. The average molecular weight is 421 g/mol. The van der Waals surface area contributed by atoms with Crippen LogP contribution in [0.5, 0.6) is 0 Å². The molecule has 156 valence electrons. The molecule has 0 bridgehead atoms. The summed E-state index contributed by atoms with van der Waals surface area (Å²) in [7, 11) is 0. The van der Waals surface area contributed by atoms with E-state index in [9.17, 15) is 4.79 Å². The summed E-state index contributed by atoms with van der Waals surface area (Å²) in [6, 6.07) is 20.9. The van der Waals surface area contributed by atoms with Crippen LogP contribution in [0.2, 0.25) is 0 Å². The number of aromatic nitrogens is 3. The van der Waals surface area contributed by atoms with Gasteiger partial charge in [0, 0.05) is 24.7 Å². The summed E-state index contributed by atoms with van der Waals surface area (Å²) in [5.41, 5.74) is 2.32. The molecule has 30 heavy (non-hydrogen) atoms. The van der Waals surface area contributed by atoms with E-state index >= 15 is 0 Å². The Morgan fingerprint density at radius 3 is 2.47 bits per heavy atom. The van der Waals surface area contributed by atoms with E-state index in [0.29, 0.717) is 11.8 Å². The van der Waals surface area contributed by atoms with Gasteiger partial charge < -0.3 is 4.90 Å². The van der Waals surface area contributed by atoms with E-state index < -0.39 is 0 Å². The summed E-state index contributed by atoms with van der Waals surface area (Å²) >= 11 is 1.49. The molecule has 1 aromatic heterocycles. The number of thioether (sulfide) groups is 1. The number of carbonyl (C=O) groups excluding carboxylic acids is 1. The Morgan fingerprint density at radius 1 is 1.00 bits per heavy atom. The third kappa shape index (κ3) is 4.93. The minimum atomic E-state index is 0.195. The summed E-state index contributed by atoms with van der Waals surface area (Å²) in [4.78, 5) is 14.8. The molecule has 5 nitrogen and oxygen atoms in total. The number of rotatable bonds is 7. The number of hydrogen-bond acceptors (Lipinski definition) is 4. The molecule has 0 saturated carbocycles. The topological polar surface area (TPSA) is 51.0 Å². The van der Waals surface area contributed by atoms with Crippen LogP contribution in [0, 0.1) is 0 Å². The first-order chi connectivity index (χ1) is 14.7. The van der Waals surface area contributed by atoms with Crippen molar-refractivity contribution in [2.75, 3.05) is 12.3 Å². The van der Waals surface area contributed by atoms with Crippen molar-refractivity contribution in [1.29, 1.82) is 0 Å². The minimum absolute atomic E-state index is 0.195. The van der Waals surface area contributed by atoms with Crippen LogP contribution in [-0.4, -0.2) is 43.9 Å². The van der Waals surface area contributed by atoms with Gasteiger partial charge in [-0.1, -0.05) is 60.3 Å². The van der Waals surface area contributed by atoms with Crippen LogP contribution in [0.1, 0.15) is 37.6 Å². The Labute approximate surface area is 182 Å². The van der Waals surface area contributed by atoms with Crippen LogP contribution >= 0.6 is 11.8 Å². The summed E-state index contributed by atoms with van der Waals surface area (Å²) in [6.07, 6.45) is 5.11. The monoisotopic (exact) mass is 420 g/mol. The molecule has 0 N–H and O–H groups in total. The molecule has 1 fully saturated rings. The van der Waals surface area contributed by atoms with Gasteiger partial charge in [-0.05, 0) is 50.3 Å². The van der Waals surface area contributed by atoms with Crippen molar-refractivity contribution in [1.82, 2.24) is 19.7 Å². The van der Waals surface area contributed by atoms with Gasteiger partial charge in [0.1, 0.15) is 5.82 Å². The van der Waals surface area contributed by atoms with Crippen LogP contribution in [0.15, 0.2) is 65.8 Å². The highest BCUT2D eigenvalue weighted by Gasteiger charge is 2.24. The Morgan fingerprint density at radius 2 is 1.73 bits per heavy atom. The molecule has 0 spiro atoms. The molecule has 0 aliphatic carbocycles. The molecule has 0 unspecified atom stereocenters. The number of para-hydroxylation sites is 1. The Kier molecular flexibility index (Phi) is 6.84. The number of nitrogens with zero attached hydrogens (tertiary/aromatic N) is 4. The van der Waals surface area contributed by atoms with Crippen molar-refractivity contribution in [2.45, 2.75) is 50.2 Å². The molecule has 4 rings (SSSR count). The van der Waals surface area contributed by atoms with Gasteiger partial charge in [-0.3, -0.25) is 9.36 Å². The SMILES string of the molecule is C[C@@H]1CCCCN1C(=O)CSc1nnc(CCc2ccccc2)n1-c1ccccc1. The molecule has 1 atom stereocenters. The van der Waals surface area contributed by atoms with Crippen molar-refractivity contribution in [2.24, 2.45) is 0 Å². The maximum absolute atomic E-state index is 12.8. The molecule has 1 aliphatic rings. The molecule has 1 aliphatic heterocycles. The van der Waals surface area contributed by atoms with E-state index in [-0.39, 0.29) is 5.91 Å². The van der Waals surface area contributed by atoms with E-state index in [4.69, 9.17) is 0 Å². The molecule has 0 radical (unpaired) electrons. The fourth-order valence-electron chi connectivity index (χ4n) is 3.97. The van der Waals surface area contributed by atoms with Crippen LogP contribution < -0.4 is 0 Å². The van der Waals surface area contributed by atoms with Crippen LogP contribution in [0.25, 0.3) is 5.69 Å². The Balaban J connectivity index is 1.51. The van der Waals surface area contributed by atoms with Crippen LogP contribution in [0.3, 0.4) is 0 Å². The molecule has 2 heterocycles. The number of likely N-dealkylation sites (tertiary alicyclic amines) is 1. The van der Waals surface area contributed by atoms with E-state index in [1.165, 1.54) is 23.7 Å². The molecule has 2 aromatic carbocycles. The number of aryl methyl sites for hydroxylation is 2. The van der Waals surface area contributed by atoms with Gasteiger partial charge in [-0.15, -0.1) is 10.2 Å². The molecular weight excluding hydrogens is 392 g/mol. The van der Waals surface area contributed by atoms with E-state index in [2.05, 4.69) is 58.1 Å². The van der Waals surface area contributed by atoms with Crippen LogP contribution in [0.4, 0.5) is 0 Å². The smallest absolute Gasteiger partial charge is 0.233 e. The first-order valence-electron chi connectivity index (χ1n) is 10.7. The van der Waals surface area contributed by atoms with Gasteiger partial charge in [0.2, 0.25) is 5.91 Å². The lowest BCUT2D eigenvalue weighted by molar-refractivity contribution is -0.131. The fourth-order valence-corrected chi connectivity index (χ4v) is 4.83. The second-order valence-corrected chi connectivity index (χ2v) is 8.72. The third-order valence-electron chi connectivity index (χ3n) is 5.64. The highest BCUT2D eigenvalue weighted by atomic mass is 32.2. The zero-order valence-corrected chi connectivity index (χ0v) is 18.2. The highest BCUT2D eigenvalue weighted by Crippen LogP contribution is 2.25. The highest BCUT2D eigenvalue weighted by molar-refractivity contribution is 7.99. The summed E-state index contributed by atoms with van der Waals surface area (Å²) < 4.78 is 2.10. The Hall–Kier alpha value is -2.60. The van der Waals surface area contributed by atoms with Crippen molar-refractivity contribution in [3.05, 3.63) is 72.1 Å². The molecule has 1 saturated heterocycles. The number of hydrogen-bond donors (Lipinski definition) is 0. The largest absolute Gasteiger partial charge is 0.339 e. The van der Waals surface area contributed by atoms with E-state index in [1.54, 1.807) is 0 Å². The Bertz CT molecular complexity index is 958. The fraction of sp³-hybridized carbons (Fsp3) is 0.375. The van der Waals surface area contributed by atoms with E-state index in [0.717, 1.165) is 48.9 Å². The van der Waals surface area contributed by atoms with Gasteiger partial charge >= 0.3 is 0 Å². The van der Waals surface area contributed by atoms with Gasteiger partial charge in [-0.25, -0.2) is 0 Å². The second kappa shape index (κ2) is 9.94. The molecule has 1 amide bonds. The van der Waals surface area contributed by atoms with Crippen molar-refractivity contribution in [3.8, 4) is 5.69 Å². The average Bonchev–Trinajstić information content (AvgIpc) is 3.20. The predicted octanol–water partition coefficient (Wildman–Crippen LogP) is 4.55. The number of carbonyl (C=O) groups is 1. The summed E-state index contributed by atoms with van der Waals surface area (Å²) in [5, 5.41) is 9.71. The lowest BCUT2D eigenvalue weighted by Gasteiger charge is -2.33. The second-order valence-electron chi connectivity index (χ2n) is 7.78. The standard InChI is InChI=1S/C24H28N4OS/c1-19-10-8-9-17-27(19)23(29)18-30-24-26-25-22(16-15-20-11-4-2-5-12-20)28(24)21-13-6-3-7-14-21/h2-7,11-14,19H,8-10,15-18H2,1H3/t19-/m1/s1. The number of piperidine rings is 1. The number of amides is 1. The molecule has 3 aromatic rings. The normalized spacial score (nSPS) is 16.6. The van der Waals surface area contributed by atoms with Gasteiger partial charge in [0.15, 0.2) is 5.16 Å². The van der Waals surface area contributed by atoms with Gasteiger partial charge in [-0.2, -0.15) is 0 Å². The van der Waals surface area contributed by atoms with E-state index in [1.807, 2.05) is 29.2 Å². The quantitative estimate of drug-likeness (QED) is 0.527. The van der Waals surface area contributed by atoms with Gasteiger partial charge in [0.25, 0.3) is 0 Å². The maximum atomic E-state index is 12.8. The molecular formula is C24H28N4OS. The molecule has 6 heteroatoms. The van der Waals surface area contributed by atoms with Crippen molar-refractivity contribution in [3.63, 3.8) is 0 Å². The lowest BCUT2D eigenvalue weighted by atomic mass is 10.0. The van der Waals surface area contributed by atoms with Crippen LogP contribution in [-0.2, 0) is 17.6 Å². The van der Waals surface area contributed by atoms with Crippen molar-refractivity contribution < 1.29 is 4.79 Å². The number of benzene rings is 2. The maximum Gasteiger partial charge on any atom is 0.233 e. The summed E-state index contributed by atoms with van der Waals surface area (Å²) in [6.45, 7) is 3.02. The predicted molar refractivity (Wildman–Crippen MR) is 121 cm³/mol. The zero-order chi connectivity index (χ0) is 20.8. The first kappa shape index (κ1) is 20.7. The zero-order valence-electron chi connectivity index (χ0n) is 17.4. The first-order valence-corrected chi connectivity index (χ1v) is 11.7. The minimum Gasteiger partial charge on any atom is -0.339 e. The van der Waals surface area contributed by atoms with Crippen molar-refractivity contribution >= 4 is 17.7 Å². The van der Waals surface area contributed by atoms with Gasteiger partial charge in [0.05, 0.1) is 5.75 Å². The summed E-state index contributed by atoms with van der Waals surface area (Å²) in [5.74, 6) is 1.51.